The Hall–Kier alpha value is -2.81. The molecule has 0 atom stereocenters. The van der Waals surface area contributed by atoms with E-state index in [1.807, 2.05) is 6.92 Å². The van der Waals surface area contributed by atoms with Crippen molar-refractivity contribution in [3.63, 3.8) is 0 Å². The van der Waals surface area contributed by atoms with Crippen molar-refractivity contribution in [2.45, 2.75) is 64.7 Å². The molecule has 0 aliphatic heterocycles. The monoisotopic (exact) mass is 648 g/mol. The molecule has 0 aromatic heterocycles. The summed E-state index contributed by atoms with van der Waals surface area (Å²) in [6.45, 7) is 1.95. The first-order valence-electron chi connectivity index (χ1n) is 15.3. The van der Waals surface area contributed by atoms with Gasteiger partial charge in [-0.3, -0.25) is 0 Å². The molecular weight excluding hydrogens is 603 g/mol. The summed E-state index contributed by atoms with van der Waals surface area (Å²) in [6.07, 6.45) is 12.0. The van der Waals surface area contributed by atoms with Gasteiger partial charge < -0.3 is 14.6 Å². The van der Waals surface area contributed by atoms with Crippen molar-refractivity contribution in [3.05, 3.63) is 107 Å². The standard InChI is InChI=1S/C37H46BrO3P/c1-29-33(34(38)36(40-2)37(41-3)35(29)39)27-19-8-6-4-5-7-9-20-28-42(30-21-13-10-14-22-30,31-23-15-11-16-24-31)32-25-17-12-18-26-32/h10-18,21-26,39,42H,4-9,19-20,27-28H2,1-3H3. The molecule has 0 saturated carbocycles. The molecular formula is C37H46BrO3P. The van der Waals surface area contributed by atoms with Crippen LogP contribution in [-0.4, -0.2) is 25.5 Å². The van der Waals surface area contributed by atoms with Crippen LogP contribution in [-0.2, 0) is 6.42 Å². The van der Waals surface area contributed by atoms with E-state index >= 15 is 0 Å². The van der Waals surface area contributed by atoms with Gasteiger partial charge in [0.15, 0.2) is 11.5 Å². The number of benzene rings is 4. The molecule has 0 amide bonds. The van der Waals surface area contributed by atoms with Crippen molar-refractivity contribution in [1.82, 2.24) is 0 Å². The predicted molar refractivity (Wildman–Crippen MR) is 186 cm³/mol. The fourth-order valence-electron chi connectivity index (χ4n) is 6.34. The molecule has 42 heavy (non-hydrogen) atoms. The number of hydrogen-bond donors (Lipinski definition) is 1. The average molecular weight is 650 g/mol. The molecule has 0 unspecified atom stereocenters. The summed E-state index contributed by atoms with van der Waals surface area (Å²) in [6, 6.07) is 33.8. The second kappa shape index (κ2) is 16.1. The maximum absolute atomic E-state index is 10.6. The molecule has 4 rings (SSSR count). The molecule has 0 spiro atoms. The summed E-state index contributed by atoms with van der Waals surface area (Å²) in [4.78, 5) is 0. The fraction of sp³-hybridized carbons (Fsp3) is 0.351. The summed E-state index contributed by atoms with van der Waals surface area (Å²) in [5, 5.41) is 15.1. The van der Waals surface area contributed by atoms with Gasteiger partial charge in [-0.1, -0.05) is 0 Å². The van der Waals surface area contributed by atoms with E-state index in [4.69, 9.17) is 9.47 Å². The number of phenols is 1. The first-order valence-corrected chi connectivity index (χ1v) is 18.3. The summed E-state index contributed by atoms with van der Waals surface area (Å²) >= 11 is 3.68. The molecule has 4 aromatic rings. The molecule has 3 nitrogen and oxygen atoms in total. The van der Waals surface area contributed by atoms with Crippen LogP contribution in [0.5, 0.6) is 17.2 Å². The van der Waals surface area contributed by atoms with Gasteiger partial charge >= 0.3 is 194 Å². The second-order valence-corrected chi connectivity index (χ2v) is 16.0. The zero-order chi connectivity index (χ0) is 29.8. The Morgan fingerprint density at radius 2 is 1.00 bits per heavy atom. The predicted octanol–water partition coefficient (Wildman–Crippen LogP) is 8.87. The third kappa shape index (κ3) is 7.39. The van der Waals surface area contributed by atoms with E-state index in [0.717, 1.165) is 28.4 Å². The SMILES string of the molecule is COc1c(O)c(C)c(CCCCCCCCCC[PH](c2ccccc2)(c2ccccc2)c2ccccc2)c(Br)c1OC. The van der Waals surface area contributed by atoms with Gasteiger partial charge in [-0.15, -0.1) is 0 Å². The number of aromatic hydroxyl groups is 1. The van der Waals surface area contributed by atoms with Gasteiger partial charge in [-0.05, 0) is 22.9 Å². The molecule has 4 aromatic carbocycles. The Bertz CT molecular complexity index is 1280. The zero-order valence-corrected chi connectivity index (χ0v) is 28.0. The smallest absolute Gasteiger partial charge is 0.492 e. The van der Waals surface area contributed by atoms with E-state index in [0.29, 0.717) is 11.5 Å². The maximum atomic E-state index is 10.6. The minimum absolute atomic E-state index is 0.173. The van der Waals surface area contributed by atoms with E-state index in [-0.39, 0.29) is 5.75 Å². The van der Waals surface area contributed by atoms with Crippen molar-refractivity contribution in [2.24, 2.45) is 0 Å². The summed E-state index contributed by atoms with van der Waals surface area (Å²) in [5.74, 6) is 1.13. The van der Waals surface area contributed by atoms with Gasteiger partial charge in [0.25, 0.3) is 0 Å². The number of ether oxygens (including phenoxy) is 2. The van der Waals surface area contributed by atoms with Crippen LogP contribution in [0.1, 0.15) is 62.5 Å². The normalized spacial score (nSPS) is 11.8. The van der Waals surface area contributed by atoms with E-state index in [1.165, 1.54) is 67.0 Å². The van der Waals surface area contributed by atoms with Gasteiger partial charge in [0.05, 0.1) is 14.2 Å². The van der Waals surface area contributed by atoms with Crippen molar-refractivity contribution in [1.29, 1.82) is 0 Å². The van der Waals surface area contributed by atoms with Crippen molar-refractivity contribution in [3.8, 4) is 17.2 Å². The Labute approximate surface area is 261 Å². The number of rotatable bonds is 16. The summed E-state index contributed by atoms with van der Waals surface area (Å²) in [5.41, 5.74) is 1.97. The summed E-state index contributed by atoms with van der Waals surface area (Å²) < 4.78 is 11.8. The summed E-state index contributed by atoms with van der Waals surface area (Å²) in [7, 11) is 1.05. The van der Waals surface area contributed by atoms with Crippen LogP contribution in [0.2, 0.25) is 0 Å². The quantitative estimate of drug-likeness (QED) is 0.0974. The fourth-order valence-corrected chi connectivity index (χ4v) is 12.1. The number of methoxy groups -OCH3 is 2. The number of hydrogen-bond acceptors (Lipinski definition) is 3. The number of unbranched alkanes of at least 4 members (excludes halogenated alkanes) is 7. The second-order valence-electron chi connectivity index (χ2n) is 11.2. The van der Waals surface area contributed by atoms with E-state index < -0.39 is 7.26 Å². The number of phenolic OH excluding ortho intramolecular Hbond substituents is 1. The van der Waals surface area contributed by atoms with Crippen molar-refractivity contribution < 1.29 is 14.6 Å². The Morgan fingerprint density at radius 1 is 0.595 bits per heavy atom. The van der Waals surface area contributed by atoms with Crippen LogP contribution < -0.4 is 25.4 Å². The van der Waals surface area contributed by atoms with Crippen LogP contribution in [0.4, 0.5) is 0 Å². The Balaban J connectivity index is 1.28. The number of halogens is 1. The van der Waals surface area contributed by atoms with E-state index in [1.54, 1.807) is 14.2 Å². The van der Waals surface area contributed by atoms with Gasteiger partial charge in [-0.2, -0.15) is 0 Å². The van der Waals surface area contributed by atoms with Crippen LogP contribution in [0.25, 0.3) is 0 Å². The van der Waals surface area contributed by atoms with Crippen LogP contribution in [0.15, 0.2) is 95.5 Å². The molecule has 5 heteroatoms. The first kappa shape index (κ1) is 32.1. The van der Waals surface area contributed by atoms with E-state index in [9.17, 15) is 5.11 Å². The minimum atomic E-state index is -2.11. The van der Waals surface area contributed by atoms with Gasteiger partial charge in [0.1, 0.15) is 0 Å². The molecule has 0 radical (unpaired) electrons. The Kier molecular flexibility index (Phi) is 12.3. The van der Waals surface area contributed by atoms with Crippen molar-refractivity contribution >= 4 is 39.1 Å². The third-order valence-corrected chi connectivity index (χ3v) is 14.5. The molecule has 224 valence electrons. The molecule has 0 saturated heterocycles. The average Bonchev–Trinajstić information content (AvgIpc) is 3.04. The topological polar surface area (TPSA) is 38.7 Å². The zero-order valence-electron chi connectivity index (χ0n) is 25.4. The van der Waals surface area contributed by atoms with Crippen molar-refractivity contribution in [2.75, 3.05) is 20.4 Å². The molecule has 0 aliphatic carbocycles. The molecule has 1 N–H and O–H groups in total. The molecule has 0 bridgehead atoms. The van der Waals surface area contributed by atoms with E-state index in [2.05, 4.69) is 107 Å². The minimum Gasteiger partial charge on any atom is -0.492 e. The molecule has 0 aliphatic rings. The van der Waals surface area contributed by atoms with Gasteiger partial charge in [0.2, 0.25) is 5.75 Å². The molecule has 0 fully saturated rings. The first-order chi connectivity index (χ1) is 20.5. The van der Waals surface area contributed by atoms with Crippen LogP contribution >= 0.6 is 23.2 Å². The Morgan fingerprint density at radius 3 is 1.43 bits per heavy atom. The molecule has 0 heterocycles. The van der Waals surface area contributed by atoms with Crippen LogP contribution in [0.3, 0.4) is 0 Å². The van der Waals surface area contributed by atoms with Crippen LogP contribution in [0, 0.1) is 6.92 Å². The van der Waals surface area contributed by atoms with Gasteiger partial charge in [-0.25, -0.2) is 0 Å². The third-order valence-electron chi connectivity index (χ3n) is 8.63. The van der Waals surface area contributed by atoms with Gasteiger partial charge in [0, 0.05) is 0 Å².